The second-order valence-corrected chi connectivity index (χ2v) is 5.68. The smallest absolute Gasteiger partial charge is 0.413 e. The summed E-state index contributed by atoms with van der Waals surface area (Å²) in [6.07, 6.45) is 5.23. The van der Waals surface area contributed by atoms with Gasteiger partial charge in [0.1, 0.15) is 0 Å². The molecule has 6 heteroatoms. The number of nitrogens with zero attached hydrogens (tertiary/aromatic N) is 2. The lowest BCUT2D eigenvalue weighted by Gasteiger charge is -2.32. The zero-order chi connectivity index (χ0) is 13.0. The molecule has 1 unspecified atom stereocenters. The molecular formula is C12H19N3O2S. The summed E-state index contributed by atoms with van der Waals surface area (Å²) in [6, 6.07) is 0.637. The van der Waals surface area contributed by atoms with Gasteiger partial charge in [0.15, 0.2) is 5.13 Å². The summed E-state index contributed by atoms with van der Waals surface area (Å²) in [4.78, 5) is 18.9. The Labute approximate surface area is 111 Å². The van der Waals surface area contributed by atoms with Crippen LogP contribution in [0.4, 0.5) is 9.93 Å². The lowest BCUT2D eigenvalue weighted by atomic mass is 10.0. The molecule has 0 aliphatic carbocycles. The number of nitrogens with one attached hydrogen (secondary N) is 1. The molecule has 18 heavy (non-hydrogen) atoms. The van der Waals surface area contributed by atoms with E-state index in [0.29, 0.717) is 11.2 Å². The minimum atomic E-state index is -0.470. The molecule has 1 amide bonds. The number of likely N-dealkylation sites (tertiary alicyclic amines) is 1. The van der Waals surface area contributed by atoms with E-state index in [9.17, 15) is 4.79 Å². The summed E-state index contributed by atoms with van der Waals surface area (Å²) in [7, 11) is 1.35. The van der Waals surface area contributed by atoms with Gasteiger partial charge in [-0.3, -0.25) is 10.2 Å². The van der Waals surface area contributed by atoms with Gasteiger partial charge < -0.3 is 4.74 Å². The van der Waals surface area contributed by atoms with Crippen LogP contribution in [0.25, 0.3) is 0 Å². The van der Waals surface area contributed by atoms with Crippen molar-refractivity contribution < 1.29 is 9.53 Å². The van der Waals surface area contributed by atoms with E-state index in [-0.39, 0.29) is 0 Å². The van der Waals surface area contributed by atoms with Crippen molar-refractivity contribution in [2.24, 2.45) is 0 Å². The number of thiazole rings is 1. The molecule has 0 spiro atoms. The first-order valence-corrected chi connectivity index (χ1v) is 7.04. The second kappa shape index (κ2) is 6.15. The van der Waals surface area contributed by atoms with Crippen LogP contribution in [0.5, 0.6) is 0 Å². The maximum atomic E-state index is 11.1. The predicted octanol–water partition coefficient (Wildman–Crippen LogP) is 2.70. The highest BCUT2D eigenvalue weighted by molar-refractivity contribution is 7.15. The average Bonchev–Trinajstić information content (AvgIpc) is 2.79. The SMILES string of the molecule is COC(=O)Nc1ncc(CN2CCCCC2C)s1. The largest absolute Gasteiger partial charge is 0.453 e. The number of hydrogen-bond donors (Lipinski definition) is 1. The van der Waals surface area contributed by atoms with Crippen LogP contribution in [0, 0.1) is 0 Å². The molecule has 1 atom stereocenters. The van der Waals surface area contributed by atoms with Gasteiger partial charge in [-0.05, 0) is 26.3 Å². The maximum absolute atomic E-state index is 11.1. The third kappa shape index (κ3) is 3.43. The summed E-state index contributed by atoms with van der Waals surface area (Å²) in [5.41, 5.74) is 0. The van der Waals surface area contributed by atoms with Gasteiger partial charge in [-0.2, -0.15) is 0 Å². The Morgan fingerprint density at radius 3 is 3.22 bits per heavy atom. The summed E-state index contributed by atoms with van der Waals surface area (Å²) in [5, 5.41) is 3.19. The molecule has 2 rings (SSSR count). The normalized spacial score (nSPS) is 20.7. The molecule has 5 nitrogen and oxygen atoms in total. The molecule has 0 radical (unpaired) electrons. The zero-order valence-corrected chi connectivity index (χ0v) is 11.6. The van der Waals surface area contributed by atoms with Crippen molar-refractivity contribution in [1.82, 2.24) is 9.88 Å². The first kappa shape index (κ1) is 13.3. The quantitative estimate of drug-likeness (QED) is 0.916. The van der Waals surface area contributed by atoms with Crippen LogP contribution in [-0.4, -0.2) is 35.7 Å². The summed E-state index contributed by atoms with van der Waals surface area (Å²) in [6.45, 7) is 4.34. The maximum Gasteiger partial charge on any atom is 0.413 e. The van der Waals surface area contributed by atoms with Crippen LogP contribution < -0.4 is 5.32 Å². The molecule has 2 heterocycles. The number of amides is 1. The van der Waals surface area contributed by atoms with E-state index in [4.69, 9.17) is 0 Å². The minimum Gasteiger partial charge on any atom is -0.453 e. The number of carbonyl (C=O) groups is 1. The van der Waals surface area contributed by atoms with Gasteiger partial charge in [-0.25, -0.2) is 9.78 Å². The van der Waals surface area contributed by atoms with Crippen molar-refractivity contribution in [2.75, 3.05) is 19.0 Å². The van der Waals surface area contributed by atoms with E-state index in [1.54, 1.807) is 0 Å². The fourth-order valence-corrected chi connectivity index (χ4v) is 2.99. The average molecular weight is 269 g/mol. The Kier molecular flexibility index (Phi) is 4.54. The van der Waals surface area contributed by atoms with Crippen molar-refractivity contribution in [1.29, 1.82) is 0 Å². The predicted molar refractivity (Wildman–Crippen MR) is 71.9 cm³/mol. The van der Waals surface area contributed by atoms with Gasteiger partial charge in [0.2, 0.25) is 0 Å². The van der Waals surface area contributed by atoms with E-state index in [1.165, 1.54) is 42.6 Å². The van der Waals surface area contributed by atoms with Crippen molar-refractivity contribution in [2.45, 2.75) is 38.8 Å². The lowest BCUT2D eigenvalue weighted by molar-refractivity contribution is 0.154. The molecule has 1 fully saturated rings. The number of methoxy groups -OCH3 is 1. The van der Waals surface area contributed by atoms with Gasteiger partial charge in [0.25, 0.3) is 0 Å². The molecule has 100 valence electrons. The third-order valence-electron chi connectivity index (χ3n) is 3.25. The molecule has 0 aromatic carbocycles. The number of anilines is 1. The molecule has 1 aromatic rings. The number of carbonyl (C=O) groups excluding carboxylic acids is 1. The van der Waals surface area contributed by atoms with Gasteiger partial charge in [-0.1, -0.05) is 6.42 Å². The first-order valence-electron chi connectivity index (χ1n) is 6.23. The molecule has 0 saturated carbocycles. The standard InChI is InChI=1S/C12H19N3O2S/c1-9-5-3-4-6-15(9)8-10-7-13-11(18-10)14-12(16)17-2/h7,9H,3-6,8H2,1-2H3,(H,13,14,16). The Bertz CT molecular complexity index is 408. The summed E-state index contributed by atoms with van der Waals surface area (Å²) < 4.78 is 4.54. The molecule has 1 aromatic heterocycles. The van der Waals surface area contributed by atoms with Gasteiger partial charge in [0, 0.05) is 23.7 Å². The third-order valence-corrected chi connectivity index (χ3v) is 4.14. The minimum absolute atomic E-state index is 0.470. The van der Waals surface area contributed by atoms with Crippen molar-refractivity contribution >= 4 is 22.6 Å². The molecule has 1 N–H and O–H groups in total. The topological polar surface area (TPSA) is 54.5 Å². The van der Waals surface area contributed by atoms with E-state index >= 15 is 0 Å². The van der Waals surface area contributed by atoms with Gasteiger partial charge in [0.05, 0.1) is 7.11 Å². The van der Waals surface area contributed by atoms with Crippen LogP contribution in [0.3, 0.4) is 0 Å². The van der Waals surface area contributed by atoms with Crippen molar-refractivity contribution in [3.63, 3.8) is 0 Å². The number of piperidine rings is 1. The van der Waals surface area contributed by atoms with Crippen molar-refractivity contribution in [3.05, 3.63) is 11.1 Å². The van der Waals surface area contributed by atoms with Crippen LogP contribution in [-0.2, 0) is 11.3 Å². The van der Waals surface area contributed by atoms with E-state index in [0.717, 1.165) is 13.1 Å². The Morgan fingerprint density at radius 1 is 1.67 bits per heavy atom. The van der Waals surface area contributed by atoms with E-state index in [2.05, 4.69) is 26.9 Å². The van der Waals surface area contributed by atoms with Crippen LogP contribution in [0.1, 0.15) is 31.1 Å². The van der Waals surface area contributed by atoms with Gasteiger partial charge in [-0.15, -0.1) is 11.3 Å². The zero-order valence-electron chi connectivity index (χ0n) is 10.8. The van der Waals surface area contributed by atoms with Crippen LogP contribution in [0.15, 0.2) is 6.20 Å². The Morgan fingerprint density at radius 2 is 2.50 bits per heavy atom. The molecular weight excluding hydrogens is 250 g/mol. The van der Waals surface area contributed by atoms with Crippen LogP contribution >= 0.6 is 11.3 Å². The van der Waals surface area contributed by atoms with Gasteiger partial charge >= 0.3 is 6.09 Å². The Balaban J connectivity index is 1.91. The van der Waals surface area contributed by atoms with Crippen molar-refractivity contribution in [3.8, 4) is 0 Å². The Hall–Kier alpha value is -1.14. The molecule has 1 aliphatic heterocycles. The monoisotopic (exact) mass is 269 g/mol. The highest BCUT2D eigenvalue weighted by atomic mass is 32.1. The number of rotatable bonds is 3. The van der Waals surface area contributed by atoms with E-state index < -0.39 is 6.09 Å². The first-order chi connectivity index (χ1) is 8.69. The van der Waals surface area contributed by atoms with Crippen LogP contribution in [0.2, 0.25) is 0 Å². The number of aromatic nitrogens is 1. The van der Waals surface area contributed by atoms with E-state index in [1.807, 2.05) is 6.20 Å². The summed E-state index contributed by atoms with van der Waals surface area (Å²) in [5.74, 6) is 0. The number of hydrogen-bond acceptors (Lipinski definition) is 5. The molecule has 1 saturated heterocycles. The lowest BCUT2D eigenvalue weighted by Crippen LogP contribution is -2.36. The second-order valence-electron chi connectivity index (χ2n) is 4.56. The molecule has 1 aliphatic rings. The molecule has 0 bridgehead atoms. The summed E-state index contributed by atoms with van der Waals surface area (Å²) >= 11 is 1.51. The fraction of sp³-hybridized carbons (Fsp3) is 0.667. The highest BCUT2D eigenvalue weighted by Crippen LogP contribution is 2.24. The fourth-order valence-electron chi connectivity index (χ4n) is 2.17. The highest BCUT2D eigenvalue weighted by Gasteiger charge is 2.19. The number of ether oxygens (including phenoxy) is 1.